The standard InChI is InChI=1S/C12H17ClN2O3S/c1-8-12(2,5-6-18-8)15-19(16,17)11-7-9(14)3-4-10(11)13/h3-4,7-8,15H,5-6,14H2,1-2H3. The van der Waals surface area contributed by atoms with Crippen molar-refractivity contribution in [3.63, 3.8) is 0 Å². The number of sulfonamides is 1. The topological polar surface area (TPSA) is 81.4 Å². The van der Waals surface area contributed by atoms with Gasteiger partial charge < -0.3 is 10.5 Å². The zero-order chi connectivity index (χ0) is 14.3. The summed E-state index contributed by atoms with van der Waals surface area (Å²) in [7, 11) is -3.73. The Morgan fingerprint density at radius 1 is 1.53 bits per heavy atom. The second-order valence-corrected chi connectivity index (χ2v) is 7.03. The third kappa shape index (κ3) is 2.86. The minimum atomic E-state index is -3.73. The highest BCUT2D eigenvalue weighted by molar-refractivity contribution is 7.89. The lowest BCUT2D eigenvalue weighted by molar-refractivity contribution is 0.0957. The molecule has 3 N–H and O–H groups in total. The molecule has 0 saturated carbocycles. The van der Waals surface area contributed by atoms with E-state index in [1.807, 2.05) is 13.8 Å². The number of rotatable bonds is 3. The molecule has 2 atom stereocenters. The number of nitrogens with one attached hydrogen (secondary N) is 1. The van der Waals surface area contributed by atoms with Crippen LogP contribution in [0.2, 0.25) is 5.02 Å². The van der Waals surface area contributed by atoms with Crippen molar-refractivity contribution in [3.8, 4) is 0 Å². The van der Waals surface area contributed by atoms with Crippen molar-refractivity contribution in [1.29, 1.82) is 0 Å². The van der Waals surface area contributed by atoms with Gasteiger partial charge in [0.05, 0.1) is 16.7 Å². The van der Waals surface area contributed by atoms with Gasteiger partial charge in [0.15, 0.2) is 0 Å². The molecule has 1 fully saturated rings. The summed E-state index contributed by atoms with van der Waals surface area (Å²) in [5.41, 5.74) is 5.34. The summed E-state index contributed by atoms with van der Waals surface area (Å²) < 4.78 is 32.9. The molecule has 1 aromatic rings. The molecule has 1 aliphatic heterocycles. The maximum atomic E-state index is 12.4. The number of halogens is 1. The number of hydrogen-bond acceptors (Lipinski definition) is 4. The second kappa shape index (κ2) is 4.94. The summed E-state index contributed by atoms with van der Waals surface area (Å²) in [6.07, 6.45) is 0.426. The molecular weight excluding hydrogens is 288 g/mol. The molecule has 1 aromatic carbocycles. The number of ether oxygens (including phenoxy) is 1. The first-order valence-electron chi connectivity index (χ1n) is 5.95. The molecule has 1 saturated heterocycles. The lowest BCUT2D eigenvalue weighted by Crippen LogP contribution is -2.50. The van der Waals surface area contributed by atoms with Crippen LogP contribution in [-0.2, 0) is 14.8 Å². The lowest BCUT2D eigenvalue weighted by atomic mass is 9.97. The van der Waals surface area contributed by atoms with Crippen LogP contribution in [0.5, 0.6) is 0 Å². The van der Waals surface area contributed by atoms with E-state index >= 15 is 0 Å². The average molecular weight is 305 g/mol. The van der Waals surface area contributed by atoms with Crippen LogP contribution in [0.1, 0.15) is 20.3 Å². The number of hydrogen-bond donors (Lipinski definition) is 2. The number of nitrogens with two attached hydrogens (primary N) is 1. The van der Waals surface area contributed by atoms with Crippen LogP contribution < -0.4 is 10.5 Å². The molecule has 0 amide bonds. The average Bonchev–Trinajstić information content (AvgIpc) is 2.61. The number of benzene rings is 1. The summed E-state index contributed by atoms with van der Waals surface area (Å²) in [4.78, 5) is -0.00510. The third-order valence-corrected chi connectivity index (χ3v) is 5.59. The fourth-order valence-corrected chi connectivity index (χ4v) is 4.09. The van der Waals surface area contributed by atoms with Gasteiger partial charge in [-0.05, 0) is 38.5 Å². The zero-order valence-corrected chi connectivity index (χ0v) is 12.4. The number of anilines is 1. The molecule has 1 aliphatic rings. The van der Waals surface area contributed by atoms with Gasteiger partial charge in [-0.1, -0.05) is 11.6 Å². The Bertz CT molecular complexity index is 591. The van der Waals surface area contributed by atoms with E-state index in [-0.39, 0.29) is 16.0 Å². The van der Waals surface area contributed by atoms with Crippen LogP contribution in [-0.4, -0.2) is 26.7 Å². The van der Waals surface area contributed by atoms with Gasteiger partial charge in [0, 0.05) is 12.3 Å². The molecule has 0 spiro atoms. The van der Waals surface area contributed by atoms with Crippen LogP contribution in [0.4, 0.5) is 5.69 Å². The summed E-state index contributed by atoms with van der Waals surface area (Å²) in [5.74, 6) is 0. The maximum Gasteiger partial charge on any atom is 0.242 e. The Morgan fingerprint density at radius 2 is 2.21 bits per heavy atom. The van der Waals surface area contributed by atoms with Gasteiger partial charge in [0.25, 0.3) is 0 Å². The number of nitrogen functional groups attached to an aromatic ring is 1. The van der Waals surface area contributed by atoms with E-state index in [4.69, 9.17) is 22.1 Å². The van der Waals surface area contributed by atoms with Crippen LogP contribution in [0.3, 0.4) is 0 Å². The van der Waals surface area contributed by atoms with E-state index in [0.29, 0.717) is 18.7 Å². The Balaban J connectivity index is 2.35. The van der Waals surface area contributed by atoms with E-state index < -0.39 is 15.6 Å². The van der Waals surface area contributed by atoms with Crippen molar-refractivity contribution in [3.05, 3.63) is 23.2 Å². The highest BCUT2D eigenvalue weighted by Crippen LogP contribution is 2.30. The van der Waals surface area contributed by atoms with Crippen LogP contribution >= 0.6 is 11.6 Å². The lowest BCUT2D eigenvalue weighted by Gasteiger charge is -2.28. The van der Waals surface area contributed by atoms with Crippen molar-refractivity contribution < 1.29 is 13.2 Å². The normalized spacial score (nSPS) is 27.6. The highest BCUT2D eigenvalue weighted by Gasteiger charge is 2.41. The SMILES string of the molecule is CC1OCCC1(C)NS(=O)(=O)c1cc(N)ccc1Cl. The Labute approximate surface area is 118 Å². The first-order chi connectivity index (χ1) is 8.74. The predicted molar refractivity (Wildman–Crippen MR) is 74.6 cm³/mol. The van der Waals surface area contributed by atoms with Gasteiger partial charge in [0.1, 0.15) is 4.90 Å². The van der Waals surface area contributed by atoms with Gasteiger partial charge in [0.2, 0.25) is 10.0 Å². The van der Waals surface area contributed by atoms with Crippen molar-refractivity contribution >= 4 is 27.3 Å². The van der Waals surface area contributed by atoms with E-state index in [0.717, 1.165) is 0 Å². The fraction of sp³-hybridized carbons (Fsp3) is 0.500. The van der Waals surface area contributed by atoms with E-state index in [1.165, 1.54) is 12.1 Å². The molecule has 0 radical (unpaired) electrons. The van der Waals surface area contributed by atoms with Gasteiger partial charge in [-0.25, -0.2) is 13.1 Å². The molecule has 1 heterocycles. The van der Waals surface area contributed by atoms with Crippen LogP contribution in [0, 0.1) is 0 Å². The van der Waals surface area contributed by atoms with E-state index in [2.05, 4.69) is 4.72 Å². The molecule has 5 nitrogen and oxygen atoms in total. The molecule has 2 unspecified atom stereocenters. The van der Waals surface area contributed by atoms with Gasteiger partial charge >= 0.3 is 0 Å². The Kier molecular flexibility index (Phi) is 3.79. The molecule has 19 heavy (non-hydrogen) atoms. The molecule has 0 bridgehead atoms. The van der Waals surface area contributed by atoms with E-state index in [1.54, 1.807) is 6.07 Å². The molecule has 0 aliphatic carbocycles. The van der Waals surface area contributed by atoms with Crippen molar-refractivity contribution in [2.45, 2.75) is 36.8 Å². The van der Waals surface area contributed by atoms with Crippen LogP contribution in [0.25, 0.3) is 0 Å². The first kappa shape index (κ1) is 14.6. The van der Waals surface area contributed by atoms with Gasteiger partial charge in [-0.15, -0.1) is 0 Å². The molecule has 2 rings (SSSR count). The molecular formula is C12H17ClN2O3S. The van der Waals surface area contributed by atoms with Gasteiger partial charge in [-0.3, -0.25) is 0 Å². The molecule has 106 valence electrons. The summed E-state index contributed by atoms with van der Waals surface area (Å²) >= 11 is 5.94. The maximum absolute atomic E-state index is 12.4. The summed E-state index contributed by atoms with van der Waals surface area (Å²) in [6.45, 7) is 4.20. The fourth-order valence-electron chi connectivity index (χ4n) is 2.06. The summed E-state index contributed by atoms with van der Waals surface area (Å²) in [6, 6.07) is 4.39. The molecule has 7 heteroatoms. The quantitative estimate of drug-likeness (QED) is 0.834. The highest BCUT2D eigenvalue weighted by atomic mass is 35.5. The minimum Gasteiger partial charge on any atom is -0.399 e. The predicted octanol–water partition coefficient (Wildman–Crippen LogP) is 1.77. The Hall–Kier alpha value is -0.820. The second-order valence-electron chi connectivity index (χ2n) is 4.98. The minimum absolute atomic E-state index is 0.00510. The first-order valence-corrected chi connectivity index (χ1v) is 7.81. The monoisotopic (exact) mass is 304 g/mol. The van der Waals surface area contributed by atoms with Crippen molar-refractivity contribution in [2.24, 2.45) is 0 Å². The van der Waals surface area contributed by atoms with Gasteiger partial charge in [-0.2, -0.15) is 0 Å². The zero-order valence-electron chi connectivity index (χ0n) is 10.8. The van der Waals surface area contributed by atoms with Crippen LogP contribution in [0.15, 0.2) is 23.1 Å². The molecule has 0 aromatic heterocycles. The Morgan fingerprint density at radius 3 is 2.79 bits per heavy atom. The smallest absolute Gasteiger partial charge is 0.242 e. The van der Waals surface area contributed by atoms with E-state index in [9.17, 15) is 8.42 Å². The largest absolute Gasteiger partial charge is 0.399 e. The van der Waals surface area contributed by atoms with Crippen molar-refractivity contribution in [2.75, 3.05) is 12.3 Å². The van der Waals surface area contributed by atoms with Crippen molar-refractivity contribution in [1.82, 2.24) is 4.72 Å². The summed E-state index contributed by atoms with van der Waals surface area (Å²) in [5, 5.41) is 0.150. The third-order valence-electron chi connectivity index (χ3n) is 3.50.